The second-order valence-corrected chi connectivity index (χ2v) is 7.30. The third-order valence-corrected chi connectivity index (χ3v) is 5.34. The maximum Gasteiger partial charge on any atom is 0.197 e. The van der Waals surface area contributed by atoms with Crippen LogP contribution in [0.25, 0.3) is 22.3 Å². The average Bonchev–Trinajstić information content (AvgIpc) is 2.73. The number of aromatic hydroxyl groups is 3. The number of aliphatic hydroxyl groups is 4. The van der Waals surface area contributed by atoms with Crippen molar-refractivity contribution in [2.24, 2.45) is 0 Å². The number of hydrogen-bond donors (Lipinski definition) is 7. The van der Waals surface area contributed by atoms with E-state index in [9.17, 15) is 40.5 Å². The lowest BCUT2D eigenvalue weighted by Crippen LogP contribution is -2.55. The molecule has 2 heterocycles. The molecule has 10 nitrogen and oxygen atoms in total. The number of hydrogen-bond acceptors (Lipinski definition) is 10. The van der Waals surface area contributed by atoms with Gasteiger partial charge in [-0.25, -0.2) is 0 Å². The van der Waals surface area contributed by atoms with Gasteiger partial charge in [-0.2, -0.15) is 0 Å². The lowest BCUT2D eigenvalue weighted by molar-refractivity contribution is -0.232. The van der Waals surface area contributed by atoms with E-state index in [4.69, 9.17) is 9.15 Å². The van der Waals surface area contributed by atoms with Gasteiger partial charge in [-0.05, 0) is 24.3 Å². The lowest BCUT2D eigenvalue weighted by Gasteiger charge is -2.40. The van der Waals surface area contributed by atoms with Gasteiger partial charge in [0.25, 0.3) is 0 Å². The summed E-state index contributed by atoms with van der Waals surface area (Å²) in [5.41, 5.74) is -0.741. The zero-order chi connectivity index (χ0) is 22.4. The molecule has 0 amide bonds. The zero-order valence-corrected chi connectivity index (χ0v) is 15.9. The van der Waals surface area contributed by atoms with Crippen LogP contribution in [-0.4, -0.2) is 66.8 Å². The second kappa shape index (κ2) is 7.84. The first kappa shape index (κ1) is 21.1. The fourth-order valence-corrected chi connectivity index (χ4v) is 3.69. The highest BCUT2D eigenvalue weighted by Gasteiger charge is 2.46. The number of benzene rings is 2. The summed E-state index contributed by atoms with van der Waals surface area (Å²) in [6.07, 6.45) is -7.95. The van der Waals surface area contributed by atoms with Crippen LogP contribution in [-0.2, 0) is 4.74 Å². The number of aliphatic hydroxyl groups excluding tert-OH is 4. The Morgan fingerprint density at radius 3 is 2.23 bits per heavy atom. The Kier molecular flexibility index (Phi) is 5.33. The topological polar surface area (TPSA) is 181 Å². The van der Waals surface area contributed by atoms with Crippen LogP contribution in [0.3, 0.4) is 0 Å². The first-order valence-corrected chi connectivity index (χ1v) is 9.35. The largest absolute Gasteiger partial charge is 0.508 e. The summed E-state index contributed by atoms with van der Waals surface area (Å²) < 4.78 is 11.0. The molecule has 0 unspecified atom stereocenters. The first-order valence-electron chi connectivity index (χ1n) is 9.35. The van der Waals surface area contributed by atoms with Gasteiger partial charge in [0.1, 0.15) is 64.5 Å². The smallest absolute Gasteiger partial charge is 0.197 e. The van der Waals surface area contributed by atoms with Crippen molar-refractivity contribution in [1.29, 1.82) is 0 Å². The van der Waals surface area contributed by atoms with E-state index in [0.717, 1.165) is 12.1 Å². The van der Waals surface area contributed by atoms with E-state index < -0.39 is 59.6 Å². The molecular weight excluding hydrogens is 412 g/mol. The van der Waals surface area contributed by atoms with Crippen molar-refractivity contribution < 1.29 is 44.9 Å². The molecule has 10 heteroatoms. The molecule has 0 aliphatic carbocycles. The van der Waals surface area contributed by atoms with Gasteiger partial charge in [-0.3, -0.25) is 4.79 Å². The molecule has 1 aliphatic rings. The summed E-state index contributed by atoms with van der Waals surface area (Å²) in [7, 11) is 0. The number of rotatable bonds is 3. The average molecular weight is 432 g/mol. The summed E-state index contributed by atoms with van der Waals surface area (Å²) in [5.74, 6) is -1.19. The van der Waals surface area contributed by atoms with Crippen LogP contribution in [0.2, 0.25) is 0 Å². The molecule has 164 valence electrons. The molecule has 1 aliphatic heterocycles. The molecule has 7 N–H and O–H groups in total. The highest BCUT2D eigenvalue weighted by atomic mass is 16.5. The molecule has 0 saturated carbocycles. The van der Waals surface area contributed by atoms with Crippen molar-refractivity contribution in [2.45, 2.75) is 30.5 Å². The van der Waals surface area contributed by atoms with E-state index in [1.165, 1.54) is 24.3 Å². The normalized spacial score (nSPS) is 26.3. The highest BCUT2D eigenvalue weighted by Crippen LogP contribution is 2.44. The Bertz CT molecular complexity index is 1170. The maximum absolute atomic E-state index is 12.7. The van der Waals surface area contributed by atoms with Crippen molar-refractivity contribution >= 4 is 11.0 Å². The molecule has 0 radical (unpaired) electrons. The van der Waals surface area contributed by atoms with E-state index in [1.807, 2.05) is 0 Å². The predicted octanol–water partition coefficient (Wildman–Crippen LogP) is 0.0917. The zero-order valence-electron chi connectivity index (χ0n) is 15.9. The van der Waals surface area contributed by atoms with Gasteiger partial charge in [0.05, 0.1) is 12.2 Å². The van der Waals surface area contributed by atoms with Gasteiger partial charge in [0.15, 0.2) is 5.43 Å². The Labute approximate surface area is 174 Å². The molecule has 2 aromatic carbocycles. The third-order valence-electron chi connectivity index (χ3n) is 5.34. The summed E-state index contributed by atoms with van der Waals surface area (Å²) in [5, 5.41) is 70.0. The van der Waals surface area contributed by atoms with Crippen LogP contribution < -0.4 is 5.43 Å². The van der Waals surface area contributed by atoms with Crippen molar-refractivity contribution in [3.63, 3.8) is 0 Å². The molecule has 5 atom stereocenters. The standard InChI is InChI=1S/C21H20O10/c22-7-14-17(26)19(28)20(29)21(31-14)16-11(25)6-13-15(18(16)27)10(24)5-12(30-13)8-1-3-9(23)4-2-8/h1-6,14,17,19-23,25-29H,7H2/t14-,17-,19-,20+,21+/m1/s1. The molecule has 1 aromatic heterocycles. The van der Waals surface area contributed by atoms with Crippen molar-refractivity contribution in [2.75, 3.05) is 6.61 Å². The fraction of sp³-hybridized carbons (Fsp3) is 0.286. The Balaban J connectivity index is 1.85. The summed E-state index contributed by atoms with van der Waals surface area (Å²) in [6.45, 7) is -0.700. The number of phenols is 3. The summed E-state index contributed by atoms with van der Waals surface area (Å²) >= 11 is 0. The van der Waals surface area contributed by atoms with Gasteiger partial charge >= 0.3 is 0 Å². The SMILES string of the molecule is O=c1cc(-c2ccc(O)cc2)oc2cc(O)c([C@@H]3O[C@H](CO)[C@@H](O)[C@@H](O)[C@@H]3O)c(O)c12. The van der Waals surface area contributed by atoms with Crippen LogP contribution in [0, 0.1) is 0 Å². The number of phenolic OH excluding ortho intramolecular Hbond substituents is 3. The van der Waals surface area contributed by atoms with Crippen molar-refractivity contribution in [3.8, 4) is 28.6 Å². The third kappa shape index (κ3) is 3.50. The van der Waals surface area contributed by atoms with Gasteiger partial charge in [0.2, 0.25) is 0 Å². The monoisotopic (exact) mass is 432 g/mol. The van der Waals surface area contributed by atoms with Crippen LogP contribution in [0.1, 0.15) is 11.7 Å². The molecule has 31 heavy (non-hydrogen) atoms. The first-order chi connectivity index (χ1) is 14.7. The van der Waals surface area contributed by atoms with E-state index in [0.29, 0.717) is 5.56 Å². The predicted molar refractivity (Wildman–Crippen MR) is 106 cm³/mol. The molecule has 3 aromatic rings. The van der Waals surface area contributed by atoms with Crippen LogP contribution >= 0.6 is 0 Å². The Morgan fingerprint density at radius 2 is 1.58 bits per heavy atom. The molecule has 1 saturated heterocycles. The highest BCUT2D eigenvalue weighted by molar-refractivity contribution is 5.88. The van der Waals surface area contributed by atoms with Gasteiger partial charge in [0, 0.05) is 17.7 Å². The fourth-order valence-electron chi connectivity index (χ4n) is 3.69. The summed E-state index contributed by atoms with van der Waals surface area (Å²) in [6, 6.07) is 8.00. The quantitative estimate of drug-likeness (QED) is 0.300. The van der Waals surface area contributed by atoms with E-state index >= 15 is 0 Å². The summed E-state index contributed by atoms with van der Waals surface area (Å²) in [4.78, 5) is 12.7. The Morgan fingerprint density at radius 1 is 0.903 bits per heavy atom. The van der Waals surface area contributed by atoms with Crippen molar-refractivity contribution in [3.05, 3.63) is 52.2 Å². The van der Waals surface area contributed by atoms with Gasteiger partial charge < -0.3 is 44.9 Å². The molecule has 0 bridgehead atoms. The molecule has 0 spiro atoms. The number of ether oxygens (including phenoxy) is 1. The molecule has 1 fully saturated rings. The van der Waals surface area contributed by atoms with Crippen LogP contribution in [0.4, 0.5) is 0 Å². The van der Waals surface area contributed by atoms with Crippen LogP contribution in [0.15, 0.2) is 45.6 Å². The van der Waals surface area contributed by atoms with Gasteiger partial charge in [-0.15, -0.1) is 0 Å². The van der Waals surface area contributed by atoms with Crippen LogP contribution in [0.5, 0.6) is 17.2 Å². The van der Waals surface area contributed by atoms with Gasteiger partial charge in [-0.1, -0.05) is 0 Å². The van der Waals surface area contributed by atoms with E-state index in [2.05, 4.69) is 0 Å². The minimum Gasteiger partial charge on any atom is -0.508 e. The number of fused-ring (bicyclic) bond motifs is 1. The molecule has 4 rings (SSSR count). The van der Waals surface area contributed by atoms with E-state index in [1.54, 1.807) is 0 Å². The minimum absolute atomic E-state index is 0.0198. The maximum atomic E-state index is 12.7. The minimum atomic E-state index is -1.77. The van der Waals surface area contributed by atoms with Crippen molar-refractivity contribution in [1.82, 2.24) is 0 Å². The Hall–Kier alpha value is -3.15. The molecular formula is C21H20O10. The van der Waals surface area contributed by atoms with E-state index in [-0.39, 0.29) is 22.5 Å². The second-order valence-electron chi connectivity index (χ2n) is 7.30. The lowest BCUT2D eigenvalue weighted by atomic mass is 9.89.